The summed E-state index contributed by atoms with van der Waals surface area (Å²) >= 11 is 1.41. The first-order chi connectivity index (χ1) is 16.3. The van der Waals surface area contributed by atoms with Crippen LogP contribution in [0.5, 0.6) is 0 Å². The van der Waals surface area contributed by atoms with E-state index >= 15 is 0 Å². The minimum absolute atomic E-state index is 0.0376. The Morgan fingerprint density at radius 3 is 2.12 bits per heavy atom. The van der Waals surface area contributed by atoms with Crippen molar-refractivity contribution in [2.45, 2.75) is 87.7 Å². The van der Waals surface area contributed by atoms with Crippen molar-refractivity contribution < 1.29 is 18.3 Å². The standard InChI is InChI=1S/C27H39NO4S2/c1-4-6-8-10-17-28(18-11-9-7-5-2)34(31,32)24-15-16-26(25(20-24)27(29)30)33-21-23-14-12-13-22(3)19-23/h12-16,19-20H,4-11,17-18,21H2,1-3H3,(H,29,30). The van der Waals surface area contributed by atoms with Gasteiger partial charge < -0.3 is 5.11 Å². The summed E-state index contributed by atoms with van der Waals surface area (Å²) in [6.45, 7) is 7.23. The lowest BCUT2D eigenvalue weighted by atomic mass is 10.2. The molecule has 2 aromatic carbocycles. The zero-order valence-electron chi connectivity index (χ0n) is 20.8. The number of thioether (sulfide) groups is 1. The van der Waals surface area contributed by atoms with E-state index < -0.39 is 16.0 Å². The van der Waals surface area contributed by atoms with Gasteiger partial charge in [0.1, 0.15) is 0 Å². The van der Waals surface area contributed by atoms with Gasteiger partial charge in [0.2, 0.25) is 10.0 Å². The van der Waals surface area contributed by atoms with E-state index in [2.05, 4.69) is 19.9 Å². The molecule has 0 aromatic heterocycles. The van der Waals surface area contributed by atoms with E-state index in [9.17, 15) is 18.3 Å². The Balaban J connectivity index is 2.23. The highest BCUT2D eigenvalue weighted by Gasteiger charge is 2.26. The Hall–Kier alpha value is -1.83. The lowest BCUT2D eigenvalue weighted by molar-refractivity contribution is 0.0693. The van der Waals surface area contributed by atoms with Crippen LogP contribution in [-0.2, 0) is 15.8 Å². The number of carbonyl (C=O) groups is 1. The first-order valence-electron chi connectivity index (χ1n) is 12.4. The van der Waals surface area contributed by atoms with Crippen LogP contribution in [0.25, 0.3) is 0 Å². The molecule has 0 amide bonds. The lowest BCUT2D eigenvalue weighted by Gasteiger charge is -2.23. The second kappa shape index (κ2) is 14.5. The number of aryl methyl sites for hydroxylation is 1. The van der Waals surface area contributed by atoms with Crippen LogP contribution in [0.4, 0.5) is 0 Å². The van der Waals surface area contributed by atoms with Gasteiger partial charge in [-0.15, -0.1) is 11.8 Å². The van der Waals surface area contributed by atoms with Gasteiger partial charge in [-0.1, -0.05) is 82.2 Å². The molecule has 0 saturated carbocycles. The number of sulfonamides is 1. The second-order valence-corrected chi connectivity index (χ2v) is 11.7. The molecular weight excluding hydrogens is 466 g/mol. The van der Waals surface area contributed by atoms with Crippen LogP contribution in [0.2, 0.25) is 0 Å². The van der Waals surface area contributed by atoms with Crippen LogP contribution < -0.4 is 0 Å². The molecule has 0 saturated heterocycles. The van der Waals surface area contributed by atoms with Crippen LogP contribution in [0.15, 0.2) is 52.3 Å². The van der Waals surface area contributed by atoms with Crippen molar-refractivity contribution in [2.24, 2.45) is 0 Å². The third-order valence-corrected chi connectivity index (χ3v) is 8.86. The zero-order valence-corrected chi connectivity index (χ0v) is 22.4. The topological polar surface area (TPSA) is 74.7 Å². The Kier molecular flexibility index (Phi) is 12.2. The molecule has 0 atom stereocenters. The van der Waals surface area contributed by atoms with Gasteiger partial charge in [0.05, 0.1) is 10.5 Å². The minimum Gasteiger partial charge on any atom is -0.478 e. The number of carboxylic acids is 1. The van der Waals surface area contributed by atoms with Crippen molar-refractivity contribution in [1.29, 1.82) is 0 Å². The van der Waals surface area contributed by atoms with Gasteiger partial charge in [-0.25, -0.2) is 13.2 Å². The molecule has 188 valence electrons. The molecule has 7 heteroatoms. The van der Waals surface area contributed by atoms with E-state index in [1.54, 1.807) is 16.4 Å². The predicted molar refractivity (Wildman–Crippen MR) is 141 cm³/mol. The van der Waals surface area contributed by atoms with Gasteiger partial charge in [-0.2, -0.15) is 4.31 Å². The Morgan fingerprint density at radius 2 is 1.56 bits per heavy atom. The molecule has 34 heavy (non-hydrogen) atoms. The molecule has 0 spiro atoms. The zero-order chi connectivity index (χ0) is 25.0. The van der Waals surface area contributed by atoms with Gasteiger partial charge in [-0.3, -0.25) is 0 Å². The summed E-state index contributed by atoms with van der Waals surface area (Å²) in [4.78, 5) is 12.6. The quantitative estimate of drug-likeness (QED) is 0.194. The smallest absolute Gasteiger partial charge is 0.336 e. The van der Waals surface area contributed by atoms with Crippen LogP contribution in [0.1, 0.15) is 86.7 Å². The molecule has 5 nitrogen and oxygen atoms in total. The summed E-state index contributed by atoms with van der Waals surface area (Å²) in [5.74, 6) is -0.490. The third kappa shape index (κ3) is 8.75. The molecule has 0 aliphatic rings. The van der Waals surface area contributed by atoms with E-state index in [1.807, 2.05) is 25.1 Å². The molecular formula is C27H39NO4S2. The molecule has 1 N–H and O–H groups in total. The summed E-state index contributed by atoms with van der Waals surface area (Å²) in [6, 6.07) is 12.6. The number of carboxylic acid groups (broad SMARTS) is 1. The number of aromatic carboxylic acids is 1. The first-order valence-corrected chi connectivity index (χ1v) is 14.8. The maximum atomic E-state index is 13.5. The van der Waals surface area contributed by atoms with Crippen molar-refractivity contribution in [3.63, 3.8) is 0 Å². The number of rotatable bonds is 16. The molecule has 0 aliphatic carbocycles. The largest absolute Gasteiger partial charge is 0.478 e. The van der Waals surface area contributed by atoms with Crippen molar-refractivity contribution in [2.75, 3.05) is 13.1 Å². The Bertz CT molecular complexity index is 1010. The van der Waals surface area contributed by atoms with Crippen LogP contribution >= 0.6 is 11.8 Å². The van der Waals surface area contributed by atoms with Gasteiger partial charge >= 0.3 is 5.97 Å². The number of hydrogen-bond acceptors (Lipinski definition) is 4. The highest BCUT2D eigenvalue weighted by atomic mass is 32.2. The fourth-order valence-corrected chi connectivity index (χ4v) is 6.37. The summed E-state index contributed by atoms with van der Waals surface area (Å²) in [5.41, 5.74) is 2.29. The summed E-state index contributed by atoms with van der Waals surface area (Å²) in [5, 5.41) is 9.81. The summed E-state index contributed by atoms with van der Waals surface area (Å²) < 4.78 is 28.5. The monoisotopic (exact) mass is 505 g/mol. The molecule has 0 radical (unpaired) electrons. The average Bonchev–Trinajstić information content (AvgIpc) is 2.81. The van der Waals surface area contributed by atoms with Crippen molar-refractivity contribution >= 4 is 27.8 Å². The molecule has 0 bridgehead atoms. The average molecular weight is 506 g/mol. The van der Waals surface area contributed by atoms with Gasteiger partial charge in [0.25, 0.3) is 0 Å². The van der Waals surface area contributed by atoms with Gasteiger partial charge in [0, 0.05) is 23.7 Å². The molecule has 0 unspecified atom stereocenters. The van der Waals surface area contributed by atoms with Gasteiger partial charge in [-0.05, 0) is 43.5 Å². The Labute approximate surface area is 210 Å². The van der Waals surface area contributed by atoms with Crippen molar-refractivity contribution in [3.05, 3.63) is 59.2 Å². The van der Waals surface area contributed by atoms with E-state index in [1.165, 1.54) is 17.8 Å². The van der Waals surface area contributed by atoms with E-state index in [4.69, 9.17) is 0 Å². The summed E-state index contributed by atoms with van der Waals surface area (Å²) in [7, 11) is -3.76. The molecule has 2 aromatic rings. The fraction of sp³-hybridized carbons (Fsp3) is 0.519. The SMILES string of the molecule is CCCCCCN(CCCCCC)S(=O)(=O)c1ccc(SCc2cccc(C)c2)c(C(=O)O)c1. The predicted octanol–water partition coefficient (Wildman–Crippen LogP) is 7.14. The number of hydrogen-bond donors (Lipinski definition) is 1. The fourth-order valence-electron chi connectivity index (χ4n) is 3.86. The molecule has 0 aliphatic heterocycles. The minimum atomic E-state index is -3.76. The number of unbranched alkanes of at least 4 members (excludes halogenated alkanes) is 6. The Morgan fingerprint density at radius 1 is 0.912 bits per heavy atom. The first kappa shape index (κ1) is 28.4. The van der Waals surface area contributed by atoms with Crippen LogP contribution in [-0.4, -0.2) is 36.9 Å². The third-order valence-electron chi connectivity index (χ3n) is 5.82. The lowest BCUT2D eigenvalue weighted by Crippen LogP contribution is -2.33. The van der Waals surface area contributed by atoms with Gasteiger partial charge in [0.15, 0.2) is 0 Å². The van der Waals surface area contributed by atoms with E-state index in [0.717, 1.165) is 62.5 Å². The van der Waals surface area contributed by atoms with Crippen molar-refractivity contribution in [1.82, 2.24) is 4.31 Å². The maximum Gasteiger partial charge on any atom is 0.336 e. The van der Waals surface area contributed by atoms with E-state index in [0.29, 0.717) is 23.7 Å². The number of nitrogens with zero attached hydrogens (tertiary/aromatic N) is 1. The summed E-state index contributed by atoms with van der Waals surface area (Å²) in [6.07, 6.45) is 7.96. The van der Waals surface area contributed by atoms with Crippen LogP contribution in [0, 0.1) is 6.92 Å². The second-order valence-electron chi connectivity index (χ2n) is 8.77. The molecule has 0 heterocycles. The highest BCUT2D eigenvalue weighted by molar-refractivity contribution is 7.98. The van der Waals surface area contributed by atoms with Crippen molar-refractivity contribution in [3.8, 4) is 0 Å². The van der Waals surface area contributed by atoms with Crippen LogP contribution in [0.3, 0.4) is 0 Å². The molecule has 2 rings (SSSR count). The highest BCUT2D eigenvalue weighted by Crippen LogP contribution is 2.30. The molecule has 0 fully saturated rings. The normalized spacial score (nSPS) is 11.8. The number of benzene rings is 2. The van der Waals surface area contributed by atoms with E-state index in [-0.39, 0.29) is 10.5 Å². The maximum absolute atomic E-state index is 13.5.